The minimum atomic E-state index is -4.29. The second-order valence-corrected chi connectivity index (χ2v) is 5.31. The van der Waals surface area contributed by atoms with Gasteiger partial charge in [-0.2, -0.15) is 18.2 Å². The van der Waals surface area contributed by atoms with E-state index in [1.54, 1.807) is 0 Å². The SMILES string of the molecule is CCNC1CCCCC1Cc1nc(CC(F)(F)F)no1. The van der Waals surface area contributed by atoms with Gasteiger partial charge in [-0.15, -0.1) is 0 Å². The Morgan fingerprint density at radius 3 is 2.75 bits per heavy atom. The summed E-state index contributed by atoms with van der Waals surface area (Å²) in [4.78, 5) is 3.86. The number of hydrogen-bond acceptors (Lipinski definition) is 4. The summed E-state index contributed by atoms with van der Waals surface area (Å²) in [6, 6.07) is 0.395. The predicted molar refractivity (Wildman–Crippen MR) is 67.2 cm³/mol. The van der Waals surface area contributed by atoms with Gasteiger partial charge in [0.05, 0.1) is 0 Å². The van der Waals surface area contributed by atoms with Crippen molar-refractivity contribution in [3.8, 4) is 0 Å². The van der Waals surface area contributed by atoms with Crippen LogP contribution in [0.2, 0.25) is 0 Å². The number of hydrogen-bond donors (Lipinski definition) is 1. The lowest BCUT2D eigenvalue weighted by molar-refractivity contribution is -0.128. The second-order valence-electron chi connectivity index (χ2n) is 5.31. The zero-order chi connectivity index (χ0) is 14.6. The molecule has 2 rings (SSSR count). The minimum Gasteiger partial charge on any atom is -0.339 e. The summed E-state index contributed by atoms with van der Waals surface area (Å²) in [7, 11) is 0. The number of rotatable bonds is 5. The van der Waals surface area contributed by atoms with Gasteiger partial charge in [0.2, 0.25) is 5.89 Å². The molecule has 0 amide bonds. The van der Waals surface area contributed by atoms with E-state index in [-0.39, 0.29) is 5.82 Å². The van der Waals surface area contributed by atoms with Crippen molar-refractivity contribution in [1.29, 1.82) is 0 Å². The van der Waals surface area contributed by atoms with Crippen molar-refractivity contribution in [1.82, 2.24) is 15.5 Å². The van der Waals surface area contributed by atoms with Crippen molar-refractivity contribution in [2.75, 3.05) is 6.54 Å². The summed E-state index contributed by atoms with van der Waals surface area (Å²) < 4.78 is 41.7. The van der Waals surface area contributed by atoms with Crippen LogP contribution in [0.25, 0.3) is 0 Å². The van der Waals surface area contributed by atoms with Crippen molar-refractivity contribution in [2.24, 2.45) is 5.92 Å². The molecule has 1 saturated carbocycles. The molecule has 1 aliphatic rings. The van der Waals surface area contributed by atoms with E-state index in [1.807, 2.05) is 0 Å². The number of halogens is 3. The monoisotopic (exact) mass is 291 g/mol. The average molecular weight is 291 g/mol. The molecule has 0 spiro atoms. The highest BCUT2D eigenvalue weighted by Gasteiger charge is 2.31. The van der Waals surface area contributed by atoms with E-state index in [1.165, 1.54) is 6.42 Å². The Morgan fingerprint density at radius 2 is 2.05 bits per heavy atom. The fourth-order valence-electron chi connectivity index (χ4n) is 2.83. The Labute approximate surface area is 116 Å². The van der Waals surface area contributed by atoms with Crippen LogP contribution in [-0.2, 0) is 12.8 Å². The predicted octanol–water partition coefficient (Wildman–Crippen LogP) is 2.89. The third-order valence-electron chi connectivity index (χ3n) is 3.68. The molecule has 0 aliphatic heterocycles. The zero-order valence-corrected chi connectivity index (χ0v) is 11.5. The summed E-state index contributed by atoms with van der Waals surface area (Å²) in [5.74, 6) is 0.408. The molecule has 0 saturated heterocycles. The zero-order valence-electron chi connectivity index (χ0n) is 11.5. The lowest BCUT2D eigenvalue weighted by Crippen LogP contribution is -2.39. The van der Waals surface area contributed by atoms with Crippen LogP contribution in [0.15, 0.2) is 4.52 Å². The Kier molecular flexibility index (Phi) is 5.01. The van der Waals surface area contributed by atoms with E-state index in [9.17, 15) is 13.2 Å². The third-order valence-corrected chi connectivity index (χ3v) is 3.68. The van der Waals surface area contributed by atoms with Gasteiger partial charge in [-0.05, 0) is 25.3 Å². The normalized spacial score (nSPS) is 24.0. The van der Waals surface area contributed by atoms with Gasteiger partial charge in [-0.1, -0.05) is 24.9 Å². The molecule has 1 aromatic heterocycles. The molecule has 114 valence electrons. The Balaban J connectivity index is 1.94. The topological polar surface area (TPSA) is 51.0 Å². The maximum Gasteiger partial charge on any atom is 0.396 e. The van der Waals surface area contributed by atoms with Gasteiger partial charge in [-0.3, -0.25) is 0 Å². The van der Waals surface area contributed by atoms with Gasteiger partial charge in [0.1, 0.15) is 6.42 Å². The highest BCUT2D eigenvalue weighted by molar-refractivity contribution is 4.93. The molecular weight excluding hydrogens is 271 g/mol. The van der Waals surface area contributed by atoms with Crippen molar-refractivity contribution in [2.45, 2.75) is 57.7 Å². The molecule has 1 fully saturated rings. The van der Waals surface area contributed by atoms with Crippen LogP contribution in [-0.4, -0.2) is 28.9 Å². The second kappa shape index (κ2) is 6.56. The lowest BCUT2D eigenvalue weighted by atomic mass is 9.82. The van der Waals surface area contributed by atoms with Crippen molar-refractivity contribution < 1.29 is 17.7 Å². The molecule has 1 aromatic rings. The van der Waals surface area contributed by atoms with Gasteiger partial charge >= 0.3 is 6.18 Å². The molecule has 0 radical (unpaired) electrons. The van der Waals surface area contributed by atoms with Crippen molar-refractivity contribution in [3.63, 3.8) is 0 Å². The molecule has 0 aromatic carbocycles. The molecule has 2 unspecified atom stereocenters. The molecule has 1 aliphatic carbocycles. The first-order valence-corrected chi connectivity index (χ1v) is 7.09. The summed E-state index contributed by atoms with van der Waals surface area (Å²) in [6.07, 6.45) is -0.372. The van der Waals surface area contributed by atoms with Gasteiger partial charge in [0, 0.05) is 12.5 Å². The van der Waals surface area contributed by atoms with E-state index < -0.39 is 12.6 Å². The van der Waals surface area contributed by atoms with Crippen LogP contribution in [0.3, 0.4) is 0 Å². The summed E-state index contributed by atoms with van der Waals surface area (Å²) in [6.45, 7) is 2.95. The first-order valence-electron chi connectivity index (χ1n) is 7.09. The van der Waals surface area contributed by atoms with Gasteiger partial charge in [0.15, 0.2) is 5.82 Å². The van der Waals surface area contributed by atoms with Crippen molar-refractivity contribution in [3.05, 3.63) is 11.7 Å². The number of aromatic nitrogens is 2. The smallest absolute Gasteiger partial charge is 0.339 e. The maximum atomic E-state index is 12.2. The van der Waals surface area contributed by atoms with Crippen LogP contribution in [0, 0.1) is 5.92 Å². The highest BCUT2D eigenvalue weighted by Crippen LogP contribution is 2.27. The lowest BCUT2D eigenvalue weighted by Gasteiger charge is -2.31. The molecule has 1 heterocycles. The number of nitrogens with zero attached hydrogens (tertiary/aromatic N) is 2. The first-order chi connectivity index (χ1) is 9.48. The van der Waals surface area contributed by atoms with E-state index in [4.69, 9.17) is 4.52 Å². The fourth-order valence-corrected chi connectivity index (χ4v) is 2.83. The van der Waals surface area contributed by atoms with Crippen LogP contribution < -0.4 is 5.32 Å². The molecule has 2 atom stereocenters. The van der Waals surface area contributed by atoms with Crippen LogP contribution >= 0.6 is 0 Å². The number of alkyl halides is 3. The van der Waals surface area contributed by atoms with Crippen LogP contribution in [0.4, 0.5) is 13.2 Å². The van der Waals surface area contributed by atoms with E-state index >= 15 is 0 Å². The molecule has 7 heteroatoms. The molecule has 1 N–H and O–H groups in total. The van der Waals surface area contributed by atoms with Crippen LogP contribution in [0.5, 0.6) is 0 Å². The van der Waals surface area contributed by atoms with E-state index in [0.717, 1.165) is 25.8 Å². The summed E-state index contributed by atoms with van der Waals surface area (Å²) >= 11 is 0. The van der Waals surface area contributed by atoms with Crippen molar-refractivity contribution >= 4 is 0 Å². The largest absolute Gasteiger partial charge is 0.396 e. The van der Waals surface area contributed by atoms with Gasteiger partial charge in [0.25, 0.3) is 0 Å². The Morgan fingerprint density at radius 1 is 1.30 bits per heavy atom. The summed E-state index contributed by atoms with van der Waals surface area (Å²) in [5, 5.41) is 6.84. The molecule has 0 bridgehead atoms. The molecule has 4 nitrogen and oxygen atoms in total. The van der Waals surface area contributed by atoms with Gasteiger partial charge < -0.3 is 9.84 Å². The molecule has 20 heavy (non-hydrogen) atoms. The Bertz CT molecular complexity index is 417. The summed E-state index contributed by atoms with van der Waals surface area (Å²) in [5.41, 5.74) is 0. The standard InChI is InChI=1S/C13H20F3N3O/c1-2-17-10-6-4-3-5-9(10)7-12-18-11(19-20-12)8-13(14,15)16/h9-10,17H,2-8H2,1H3. The molecular formula is C13H20F3N3O. The quantitative estimate of drug-likeness (QED) is 0.906. The van der Waals surface area contributed by atoms with Crippen LogP contribution in [0.1, 0.15) is 44.3 Å². The fraction of sp³-hybridized carbons (Fsp3) is 0.846. The first kappa shape index (κ1) is 15.3. The maximum absolute atomic E-state index is 12.2. The Hall–Kier alpha value is -1.11. The highest BCUT2D eigenvalue weighted by atomic mass is 19.4. The van der Waals surface area contributed by atoms with E-state index in [2.05, 4.69) is 22.4 Å². The average Bonchev–Trinajstić information content (AvgIpc) is 2.77. The number of nitrogens with one attached hydrogen (secondary N) is 1. The third kappa shape index (κ3) is 4.47. The minimum absolute atomic E-state index is 0.275. The van der Waals surface area contributed by atoms with E-state index in [0.29, 0.717) is 24.3 Å². The van der Waals surface area contributed by atoms with Gasteiger partial charge in [-0.25, -0.2) is 0 Å².